The maximum Gasteiger partial charge on any atom is 0 e. The molecule has 0 aromatic heterocycles. The summed E-state index contributed by atoms with van der Waals surface area (Å²) >= 11 is 0. The first-order valence-corrected chi connectivity index (χ1v) is 0.651. The van der Waals surface area contributed by atoms with Crippen LogP contribution in [0.4, 0.5) is 4.79 Å². The molecule has 0 atom stereocenters. The molecule has 0 aliphatic heterocycles. The van der Waals surface area contributed by atoms with E-state index in [-0.39, 0.29) is 112 Å². The molecule has 0 aromatic carbocycles. The molecule has 0 rings (SSSR count). The van der Waals surface area contributed by atoms with E-state index in [2.05, 4.69) is 0 Å². The van der Waals surface area contributed by atoms with Gasteiger partial charge in [0.2, 0.25) is 0 Å². The van der Waals surface area contributed by atoms with Crippen molar-refractivity contribution in [1.29, 1.82) is 0 Å². The van der Waals surface area contributed by atoms with Gasteiger partial charge in [-0.3, -0.25) is 0 Å². The van der Waals surface area contributed by atoms with Gasteiger partial charge in [0.15, 0.2) is 17.4 Å². The second-order valence-corrected chi connectivity index (χ2v) is 0.283. The minimum atomic E-state index is -1.83. The summed E-state index contributed by atoms with van der Waals surface area (Å²) in [6, 6.07) is 0. The fourth-order valence-corrected chi connectivity index (χ4v) is 0. The number of hydrogen-bond donors (Lipinski definition) is 2. The largest absolute Gasteiger partial charge is 0 e. The molecule has 0 saturated heterocycles. The van der Waals surface area contributed by atoms with Crippen molar-refractivity contribution in [2.75, 3.05) is 0 Å². The van der Waals surface area contributed by atoms with Gasteiger partial charge in [-0.1, -0.05) is 0 Å². The molecule has 0 aliphatic rings. The maximum absolute atomic E-state index is 8.56. The number of carbonyl (C=O) groups is 1. The molecule has 4 N–H and O–H groups in total. The normalized spacial score (nSPS) is 2.40. The Kier molecular flexibility index (Phi) is 226. The molecular formula is CH13AlMgO4SnZn2. The minimum absolute atomic E-state index is 0. The van der Waals surface area contributed by atoms with Crippen LogP contribution in [0.1, 0.15) is 2.85 Å². The average molecular weight is 390 g/mol. The van der Waals surface area contributed by atoms with Crippen molar-refractivity contribution >= 4 is 70.5 Å². The van der Waals surface area contributed by atoms with Crippen LogP contribution < -0.4 is 0 Å². The van der Waals surface area contributed by atoms with E-state index in [1.54, 1.807) is 0 Å². The molecule has 0 unspecified atom stereocenters. The van der Waals surface area contributed by atoms with Crippen molar-refractivity contribution in [1.82, 2.24) is 0 Å². The van der Waals surface area contributed by atoms with Crippen LogP contribution >= 0.6 is 0 Å². The van der Waals surface area contributed by atoms with Gasteiger partial charge in [-0.25, -0.2) is 4.79 Å². The predicted octanol–water partition coefficient (Wildman–Crippen LogP) is -3.40. The Hall–Kier alpha value is 2.57. The van der Waals surface area contributed by atoms with Gasteiger partial charge in [-0.05, 0) is 0 Å². The van der Waals surface area contributed by atoms with E-state index < -0.39 is 6.16 Å². The molecule has 0 spiro atoms. The molecule has 0 aliphatic carbocycles. The molecule has 0 fully saturated rings. The van der Waals surface area contributed by atoms with Gasteiger partial charge in [0.1, 0.15) is 0 Å². The zero-order chi connectivity index (χ0) is 3.58. The van der Waals surface area contributed by atoms with E-state index in [4.69, 9.17) is 15.0 Å². The van der Waals surface area contributed by atoms with Crippen LogP contribution in [0.2, 0.25) is 0 Å². The third-order valence-corrected chi connectivity index (χ3v) is 0. The Morgan fingerprint density at radius 3 is 1.20 bits per heavy atom. The maximum atomic E-state index is 8.56. The van der Waals surface area contributed by atoms with E-state index in [1.807, 2.05) is 0 Å². The Morgan fingerprint density at radius 1 is 1.20 bits per heavy atom. The monoisotopic (exact) mass is 388 g/mol. The second kappa shape index (κ2) is 41.7. The minimum Gasteiger partial charge on any atom is 0 e. The fraction of sp³-hybridized carbons (Fsp3) is 0. The van der Waals surface area contributed by atoms with Crippen molar-refractivity contribution in [3.8, 4) is 0 Å². The second-order valence-electron chi connectivity index (χ2n) is 0.283. The molecule has 54 valence electrons. The zero-order valence-electron chi connectivity index (χ0n) is 6.42. The Balaban J connectivity index is -0.00000000161. The summed E-state index contributed by atoms with van der Waals surface area (Å²) in [6.45, 7) is 0. The topological polar surface area (TPSA) is 89.0 Å². The van der Waals surface area contributed by atoms with E-state index in [9.17, 15) is 0 Å². The van der Waals surface area contributed by atoms with E-state index in [0.29, 0.717) is 0 Å². The number of carboxylic acid groups (broad SMARTS) is 2. The Bertz CT molecular complexity index is 54.0. The van der Waals surface area contributed by atoms with Gasteiger partial charge < -0.3 is 18.5 Å². The first-order valence-electron chi connectivity index (χ1n) is 0.651. The van der Waals surface area contributed by atoms with Gasteiger partial charge >= 0.3 is 53.1 Å². The first kappa shape index (κ1) is 54.2. The molecule has 0 saturated carbocycles. The van der Waals surface area contributed by atoms with Gasteiger partial charge in [0, 0.05) is 39.0 Å². The van der Waals surface area contributed by atoms with Crippen LogP contribution in [-0.2, 0) is 39.0 Å². The van der Waals surface area contributed by atoms with Crippen LogP contribution in [0.15, 0.2) is 0 Å². The van der Waals surface area contributed by atoms with Crippen LogP contribution in [0.3, 0.4) is 0 Å². The van der Waals surface area contributed by atoms with Gasteiger partial charge in [-0.15, -0.1) is 0 Å². The molecule has 0 amide bonds. The van der Waals surface area contributed by atoms with Crippen LogP contribution in [0.5, 0.6) is 0 Å². The molecule has 0 radical (unpaired) electrons. The summed E-state index contributed by atoms with van der Waals surface area (Å²) in [5.41, 5.74) is 0. The standard InChI is InChI=1S/CH2O3.Al.Mg.H2O.Sn.2Zn.9H/c2-1(3)4;;;;;;;;;;;;;;;/h(H2,2,3,4);;;1H2;;;;;;;;;;;;/q;;+2;;;;;;;;;;;;2*-1. The summed E-state index contributed by atoms with van der Waals surface area (Å²) in [5.74, 6) is 0. The van der Waals surface area contributed by atoms with Crippen LogP contribution in [-0.4, -0.2) is 86.2 Å². The van der Waals surface area contributed by atoms with Crippen molar-refractivity contribution in [3.63, 3.8) is 0 Å². The fourth-order valence-electron chi connectivity index (χ4n) is 0. The van der Waals surface area contributed by atoms with Gasteiger partial charge in [0.05, 0.1) is 0 Å². The Morgan fingerprint density at radius 2 is 1.20 bits per heavy atom. The van der Waals surface area contributed by atoms with E-state index in [1.165, 1.54) is 0 Å². The summed E-state index contributed by atoms with van der Waals surface area (Å²) in [4.78, 5) is 8.56. The van der Waals surface area contributed by atoms with Crippen LogP contribution in [0, 0.1) is 0 Å². The molecule has 0 bridgehead atoms. The predicted molar refractivity (Wildman–Crippen MR) is 43.5 cm³/mol. The first-order chi connectivity index (χ1) is 1.73. The third-order valence-electron chi connectivity index (χ3n) is 0. The summed E-state index contributed by atoms with van der Waals surface area (Å²) in [5, 5.41) is 13.9. The number of rotatable bonds is 0. The summed E-state index contributed by atoms with van der Waals surface area (Å²) in [7, 11) is 0. The average Bonchev–Trinajstić information content (AvgIpc) is 0.811. The SMILES string of the molecule is O.O=C(O)O.[AlH3].[H-].[H-].[Mg+2].[SnH4].[Zn].[Zn]. The smallest absolute Gasteiger partial charge is 0 e. The molecule has 0 aromatic rings. The van der Waals surface area contributed by atoms with E-state index >= 15 is 0 Å². The number of hydrogen-bond acceptors (Lipinski definition) is 1. The van der Waals surface area contributed by atoms with E-state index in [0.717, 1.165) is 0 Å². The van der Waals surface area contributed by atoms with Gasteiger partial charge in [0.25, 0.3) is 0 Å². The summed E-state index contributed by atoms with van der Waals surface area (Å²) < 4.78 is 0. The quantitative estimate of drug-likeness (QED) is 0.423. The van der Waals surface area contributed by atoms with Gasteiger partial charge in [-0.2, -0.15) is 0 Å². The molecule has 4 nitrogen and oxygen atoms in total. The van der Waals surface area contributed by atoms with Crippen molar-refractivity contribution in [3.05, 3.63) is 0 Å². The summed E-state index contributed by atoms with van der Waals surface area (Å²) in [6.07, 6.45) is -1.83. The van der Waals surface area contributed by atoms with Crippen molar-refractivity contribution in [2.45, 2.75) is 0 Å². The molecule has 9 heteroatoms. The van der Waals surface area contributed by atoms with Crippen molar-refractivity contribution < 1.29 is 62.3 Å². The van der Waals surface area contributed by atoms with Crippen LogP contribution in [0.25, 0.3) is 0 Å². The third kappa shape index (κ3) is 146. The Labute approximate surface area is 131 Å². The van der Waals surface area contributed by atoms with Crippen molar-refractivity contribution in [2.24, 2.45) is 0 Å². The molecular weight excluding hydrogens is 377 g/mol. The molecule has 0 heterocycles. The zero-order valence-corrected chi connectivity index (χ0v) is 11.8. The molecule has 10 heavy (non-hydrogen) atoms.